The second-order valence-corrected chi connectivity index (χ2v) is 8.39. The number of ether oxygens (including phenoxy) is 1. The molecule has 1 amide bonds. The number of aliphatic hydroxyl groups excluding tert-OH is 1. The molecule has 0 aliphatic carbocycles. The van der Waals surface area contributed by atoms with Gasteiger partial charge in [-0.3, -0.25) is 19.5 Å². The van der Waals surface area contributed by atoms with Gasteiger partial charge in [-0.05, 0) is 36.8 Å². The van der Waals surface area contributed by atoms with E-state index in [0.717, 1.165) is 4.70 Å². The molecule has 1 saturated heterocycles. The Balaban J connectivity index is 1.69. The lowest BCUT2D eigenvalue weighted by Crippen LogP contribution is -2.29. The predicted molar refractivity (Wildman–Crippen MR) is 126 cm³/mol. The van der Waals surface area contributed by atoms with Crippen molar-refractivity contribution in [2.75, 3.05) is 11.5 Å². The van der Waals surface area contributed by atoms with Crippen molar-refractivity contribution in [3.63, 3.8) is 0 Å². The number of carbonyl (C=O) groups excluding carboxylic acids is 2. The number of ketones is 1. The molecule has 1 fully saturated rings. The maximum Gasteiger partial charge on any atom is 0.301 e. The lowest BCUT2D eigenvalue weighted by atomic mass is 9.96. The molecule has 7 nitrogen and oxygen atoms in total. The normalized spacial score (nSPS) is 17.6. The number of pyridine rings is 1. The number of benzene rings is 2. The highest BCUT2D eigenvalue weighted by Crippen LogP contribution is 2.44. The third kappa shape index (κ3) is 3.64. The van der Waals surface area contributed by atoms with E-state index in [1.165, 1.54) is 16.2 Å². The lowest BCUT2D eigenvalue weighted by Gasteiger charge is -2.22. The summed E-state index contributed by atoms with van der Waals surface area (Å²) in [4.78, 5) is 36.5. The summed E-state index contributed by atoms with van der Waals surface area (Å²) in [7, 11) is 0. The molecule has 2 aromatic carbocycles. The number of rotatable bonds is 5. The minimum Gasteiger partial charge on any atom is -0.507 e. The van der Waals surface area contributed by atoms with Crippen LogP contribution in [0.3, 0.4) is 0 Å². The molecule has 1 aliphatic heterocycles. The minimum atomic E-state index is -0.856. The number of fused-ring (bicyclic) bond motifs is 1. The van der Waals surface area contributed by atoms with Crippen LogP contribution in [0.5, 0.6) is 5.75 Å². The Hall–Kier alpha value is -4.04. The van der Waals surface area contributed by atoms with Crippen molar-refractivity contribution in [3.05, 3.63) is 89.8 Å². The third-order valence-electron chi connectivity index (χ3n) is 5.36. The first-order valence-electron chi connectivity index (χ1n) is 10.4. The fourth-order valence-corrected chi connectivity index (χ4v) is 4.91. The van der Waals surface area contributed by atoms with Gasteiger partial charge in [0.15, 0.2) is 5.13 Å². The Labute approximate surface area is 193 Å². The summed E-state index contributed by atoms with van der Waals surface area (Å²) >= 11 is 1.29. The second-order valence-electron chi connectivity index (χ2n) is 7.38. The second kappa shape index (κ2) is 8.48. The number of Topliss-reactive ketones (excluding diaryl/α,β-unsaturated/α-hetero) is 1. The Morgan fingerprint density at radius 3 is 2.67 bits per heavy atom. The van der Waals surface area contributed by atoms with E-state index in [4.69, 9.17) is 4.74 Å². The molecule has 0 saturated carbocycles. The molecule has 5 rings (SSSR count). The average Bonchev–Trinajstić information content (AvgIpc) is 3.38. The first-order valence-corrected chi connectivity index (χ1v) is 11.2. The van der Waals surface area contributed by atoms with Gasteiger partial charge in [0.1, 0.15) is 11.5 Å². The number of hydrogen-bond donors (Lipinski definition) is 1. The van der Waals surface area contributed by atoms with Gasteiger partial charge in [-0.25, -0.2) is 4.98 Å². The largest absolute Gasteiger partial charge is 0.507 e. The summed E-state index contributed by atoms with van der Waals surface area (Å²) in [5.74, 6) is -1.04. The van der Waals surface area contributed by atoms with Gasteiger partial charge in [0, 0.05) is 18.0 Å². The Kier molecular flexibility index (Phi) is 5.35. The fourth-order valence-electron chi connectivity index (χ4n) is 3.89. The van der Waals surface area contributed by atoms with Crippen LogP contribution in [0.15, 0.2) is 78.6 Å². The summed E-state index contributed by atoms with van der Waals surface area (Å²) in [6.45, 7) is 2.44. The molecule has 33 heavy (non-hydrogen) atoms. The molecule has 4 aromatic rings. The zero-order valence-electron chi connectivity index (χ0n) is 17.6. The van der Waals surface area contributed by atoms with Crippen LogP contribution < -0.4 is 9.64 Å². The molecule has 164 valence electrons. The third-order valence-corrected chi connectivity index (χ3v) is 6.37. The van der Waals surface area contributed by atoms with Crippen molar-refractivity contribution < 1.29 is 19.4 Å². The van der Waals surface area contributed by atoms with Crippen LogP contribution in [0.25, 0.3) is 16.0 Å². The van der Waals surface area contributed by atoms with E-state index in [-0.39, 0.29) is 11.3 Å². The Bertz CT molecular complexity index is 1380. The minimum absolute atomic E-state index is 0.00783. The highest BCUT2D eigenvalue weighted by molar-refractivity contribution is 7.22. The molecule has 1 atom stereocenters. The van der Waals surface area contributed by atoms with Gasteiger partial charge in [-0.1, -0.05) is 47.7 Å². The predicted octanol–water partition coefficient (Wildman–Crippen LogP) is 4.72. The summed E-state index contributed by atoms with van der Waals surface area (Å²) in [6, 6.07) is 16.8. The molecule has 0 bridgehead atoms. The number of anilines is 1. The molecule has 8 heteroatoms. The maximum atomic E-state index is 13.2. The van der Waals surface area contributed by atoms with E-state index < -0.39 is 17.7 Å². The highest BCUT2D eigenvalue weighted by atomic mass is 32.1. The van der Waals surface area contributed by atoms with Crippen LogP contribution in [-0.2, 0) is 9.59 Å². The maximum absolute atomic E-state index is 13.2. The number of hydrogen-bond acceptors (Lipinski definition) is 7. The summed E-state index contributed by atoms with van der Waals surface area (Å²) in [6.07, 6.45) is 3.20. The number of aromatic nitrogens is 2. The van der Waals surface area contributed by atoms with Gasteiger partial charge in [0.2, 0.25) is 0 Å². The van der Waals surface area contributed by atoms with Crippen LogP contribution in [0, 0.1) is 0 Å². The molecule has 1 aliphatic rings. The molecule has 0 radical (unpaired) electrons. The van der Waals surface area contributed by atoms with Crippen molar-refractivity contribution in [2.24, 2.45) is 0 Å². The van der Waals surface area contributed by atoms with E-state index in [1.54, 1.807) is 48.8 Å². The van der Waals surface area contributed by atoms with E-state index in [2.05, 4.69) is 9.97 Å². The smallest absolute Gasteiger partial charge is 0.301 e. The van der Waals surface area contributed by atoms with Crippen molar-refractivity contribution in [1.82, 2.24) is 9.97 Å². The van der Waals surface area contributed by atoms with Gasteiger partial charge < -0.3 is 9.84 Å². The molecule has 2 aromatic heterocycles. The van der Waals surface area contributed by atoms with E-state index in [9.17, 15) is 14.7 Å². The van der Waals surface area contributed by atoms with E-state index in [1.807, 2.05) is 31.2 Å². The number of aliphatic hydroxyl groups is 1. The molecule has 1 unspecified atom stereocenters. The van der Waals surface area contributed by atoms with Crippen molar-refractivity contribution in [3.8, 4) is 5.75 Å². The van der Waals surface area contributed by atoms with Gasteiger partial charge in [-0.15, -0.1) is 0 Å². The summed E-state index contributed by atoms with van der Waals surface area (Å²) in [5.41, 5.74) is 1.75. The van der Waals surface area contributed by atoms with Gasteiger partial charge in [0.25, 0.3) is 5.78 Å². The first-order chi connectivity index (χ1) is 16.1. The Morgan fingerprint density at radius 2 is 1.94 bits per heavy atom. The number of thiazole rings is 1. The fraction of sp³-hybridized carbons (Fsp3) is 0.120. The van der Waals surface area contributed by atoms with Gasteiger partial charge in [-0.2, -0.15) is 0 Å². The monoisotopic (exact) mass is 457 g/mol. The molecule has 0 spiro atoms. The van der Waals surface area contributed by atoms with Gasteiger partial charge >= 0.3 is 5.91 Å². The molecular formula is C25H19N3O4S. The van der Waals surface area contributed by atoms with Crippen LogP contribution in [-0.4, -0.2) is 33.4 Å². The topological polar surface area (TPSA) is 92.6 Å². The first kappa shape index (κ1) is 20.8. The molecule has 3 heterocycles. The standard InChI is InChI=1S/C25H19N3O4S/c1-2-32-17-10-11-18-19(13-17)33-25(27-18)28-21(16-9-6-12-26-14-16)20(23(30)24(28)31)22(29)15-7-4-3-5-8-15/h3-14,21,29H,2H2,1H3/b22-20+. The van der Waals surface area contributed by atoms with Crippen molar-refractivity contribution >= 4 is 44.1 Å². The average molecular weight is 458 g/mol. The number of carbonyl (C=O) groups is 2. The SMILES string of the molecule is CCOc1ccc2nc(N3C(=O)C(=O)/C(=C(/O)c4ccccc4)C3c3cccnc3)sc2c1. The molecular weight excluding hydrogens is 438 g/mol. The van der Waals surface area contributed by atoms with Crippen LogP contribution in [0.2, 0.25) is 0 Å². The van der Waals surface area contributed by atoms with Crippen molar-refractivity contribution in [2.45, 2.75) is 13.0 Å². The van der Waals surface area contributed by atoms with Crippen LogP contribution in [0.1, 0.15) is 24.1 Å². The summed E-state index contributed by atoms with van der Waals surface area (Å²) in [5, 5.41) is 11.4. The summed E-state index contributed by atoms with van der Waals surface area (Å²) < 4.78 is 6.40. The zero-order chi connectivity index (χ0) is 22.9. The quantitative estimate of drug-likeness (QED) is 0.265. The number of amides is 1. The van der Waals surface area contributed by atoms with E-state index in [0.29, 0.717) is 34.1 Å². The zero-order valence-corrected chi connectivity index (χ0v) is 18.5. The van der Waals surface area contributed by atoms with Crippen LogP contribution >= 0.6 is 11.3 Å². The van der Waals surface area contributed by atoms with E-state index >= 15 is 0 Å². The van der Waals surface area contributed by atoms with Crippen molar-refractivity contribution in [1.29, 1.82) is 0 Å². The lowest BCUT2D eigenvalue weighted by molar-refractivity contribution is -0.132. The highest BCUT2D eigenvalue weighted by Gasteiger charge is 2.48. The molecule has 1 N–H and O–H groups in total. The number of nitrogens with zero attached hydrogens (tertiary/aromatic N) is 3. The van der Waals surface area contributed by atoms with Gasteiger partial charge in [0.05, 0.1) is 28.4 Å². The van der Waals surface area contributed by atoms with Crippen LogP contribution in [0.4, 0.5) is 5.13 Å². The Morgan fingerprint density at radius 1 is 1.12 bits per heavy atom.